The number of nitro benzene ring substituents is 1. The molecule has 0 radical (unpaired) electrons. The number of amides is 6. The number of methoxy groups -OCH3 is 2. The third-order valence-electron chi connectivity index (χ3n) is 11.2. The maximum atomic E-state index is 13.0. The normalized spacial score (nSPS) is 12.3. The molecule has 6 amide bonds. The van der Waals surface area contributed by atoms with Crippen molar-refractivity contribution in [3.05, 3.63) is 118 Å². The molecule has 0 aliphatic carbocycles. The Hall–Kier alpha value is -9.13. The zero-order valence-electron chi connectivity index (χ0n) is 45.7. The van der Waals surface area contributed by atoms with Gasteiger partial charge in [0.1, 0.15) is 12.4 Å². The van der Waals surface area contributed by atoms with Crippen molar-refractivity contribution in [2.24, 2.45) is 23.7 Å². The number of hydrogen-bond donors (Lipinski definition) is 7. The molecule has 0 aliphatic heterocycles. The van der Waals surface area contributed by atoms with Crippen molar-refractivity contribution >= 4 is 82.2 Å². The molecule has 25 nitrogen and oxygen atoms in total. The number of hydrogen-bond acceptors (Lipinski definition) is 18. The summed E-state index contributed by atoms with van der Waals surface area (Å²) in [6.07, 6.45) is 2.53. The van der Waals surface area contributed by atoms with E-state index in [-0.39, 0.29) is 92.7 Å². The average Bonchev–Trinajstić information content (AvgIpc) is 3.42. The van der Waals surface area contributed by atoms with Gasteiger partial charge in [-0.05, 0) is 59.4 Å². The van der Waals surface area contributed by atoms with Crippen molar-refractivity contribution in [1.82, 2.24) is 21.3 Å². The monoisotopic (exact) mass is 1120 g/mol. The number of non-ortho nitro benzene ring substituents is 1. The summed E-state index contributed by atoms with van der Waals surface area (Å²) < 4.78 is 18.8. The summed E-state index contributed by atoms with van der Waals surface area (Å²) in [6, 6.07) is 16.4. The molecule has 0 heterocycles. The number of nitrogens with zero attached hydrogens (tertiary/aromatic N) is 1. The zero-order chi connectivity index (χ0) is 59.9. The second kappa shape index (κ2) is 35.3. The lowest BCUT2D eigenvalue weighted by Gasteiger charge is -2.23. The van der Waals surface area contributed by atoms with Gasteiger partial charge >= 0.3 is 18.1 Å². The largest absolute Gasteiger partial charge is 0.514 e. The molecule has 3 aromatic rings. The molecule has 432 valence electrons. The minimum absolute atomic E-state index is 0.0169. The molecule has 0 aromatic heterocycles. The summed E-state index contributed by atoms with van der Waals surface area (Å²) in [6.45, 7) is 10.1. The minimum atomic E-state index is -1.00. The highest BCUT2D eigenvalue weighted by Crippen LogP contribution is 2.20. The van der Waals surface area contributed by atoms with Gasteiger partial charge in [0.25, 0.3) is 5.69 Å². The molecular weight excluding hydrogens is 1050 g/mol. The van der Waals surface area contributed by atoms with Crippen molar-refractivity contribution < 1.29 is 81.7 Å². The van der Waals surface area contributed by atoms with Crippen molar-refractivity contribution in [3.63, 3.8) is 0 Å². The summed E-state index contributed by atoms with van der Waals surface area (Å²) in [5.74, 6) is -6.47. The highest BCUT2D eigenvalue weighted by atomic mass is 16.7. The quantitative estimate of drug-likeness (QED) is 0.0127. The van der Waals surface area contributed by atoms with E-state index in [9.17, 15) is 62.9 Å². The van der Waals surface area contributed by atoms with Gasteiger partial charge in [-0.1, -0.05) is 65.8 Å². The van der Waals surface area contributed by atoms with E-state index in [2.05, 4.69) is 41.4 Å². The molecule has 7 N–H and O–H groups in total. The Bertz CT molecular complexity index is 2690. The molecule has 0 unspecified atom stereocenters. The fraction of sp³-hybridized carbons (Fsp3) is 0.400. The van der Waals surface area contributed by atoms with Gasteiger partial charge in [0, 0.05) is 98.4 Å². The van der Waals surface area contributed by atoms with Crippen LogP contribution in [0.2, 0.25) is 0 Å². The van der Waals surface area contributed by atoms with Crippen LogP contribution in [0.4, 0.5) is 21.9 Å². The summed E-state index contributed by atoms with van der Waals surface area (Å²) in [5, 5.41) is 35.5. The van der Waals surface area contributed by atoms with Crippen molar-refractivity contribution in [2.45, 2.75) is 92.5 Å². The number of benzene rings is 3. The molecule has 25 heteroatoms. The number of nitro groups is 1. The number of esters is 2. The Morgan fingerprint density at radius 3 is 1.34 bits per heavy atom. The standard InChI is InChI=1S/C31H36N4O11.C24H33N3O7/c1-19(2)29(34-27(38)15-16-32-26(37)13-14-28(39)44-4)25(36)17-20(3)30(40)33-22-7-5-21(6-8-22)18-45-31(41)46-24-11-9-23(10-12-24)35(42)43;1-15(2)23(27-21(31)11-12-25-20(30)9-10-22(32)34-4)19(29)13-16(3)24(33)26-18-7-5-17(14-28)6-8-18/h5-14,19-20,29H,15-18H2,1-4H3,(H,32,37)(H,33,40)(H,34,38);5-10,15-16,23,28H,11-14H2,1-4H3,(H,25,30)(H,26,33)(H,27,31)/b14-13+;10-9+/t20-,29+;16-,23+/m11/s1. The second-order valence-corrected chi connectivity index (χ2v) is 18.4. The maximum Gasteiger partial charge on any atom is 0.514 e. The van der Waals surface area contributed by atoms with Gasteiger partial charge in [0.15, 0.2) is 11.6 Å². The molecular formula is C55H69N7O18. The first kappa shape index (κ1) is 67.0. The fourth-order valence-corrected chi connectivity index (χ4v) is 6.72. The van der Waals surface area contributed by atoms with Gasteiger partial charge < -0.3 is 56.0 Å². The van der Waals surface area contributed by atoms with E-state index in [0.717, 1.165) is 24.3 Å². The number of nitrogens with one attached hydrogen (secondary N) is 6. The molecule has 0 aliphatic rings. The Kier molecular flexibility index (Phi) is 29.6. The molecule has 3 aromatic carbocycles. The number of aliphatic hydroxyl groups is 1. The molecule has 0 saturated heterocycles. The minimum Gasteiger partial charge on any atom is -0.466 e. The molecule has 0 fully saturated rings. The van der Waals surface area contributed by atoms with Gasteiger partial charge in [-0.2, -0.15) is 0 Å². The van der Waals surface area contributed by atoms with Crippen molar-refractivity contribution in [1.29, 1.82) is 0 Å². The third-order valence-corrected chi connectivity index (χ3v) is 11.2. The highest BCUT2D eigenvalue weighted by molar-refractivity contribution is 5.99. The van der Waals surface area contributed by atoms with Crippen molar-refractivity contribution in [2.75, 3.05) is 37.9 Å². The van der Waals surface area contributed by atoms with Crippen LogP contribution in [0.25, 0.3) is 0 Å². The smallest absolute Gasteiger partial charge is 0.466 e. The Morgan fingerprint density at radius 2 is 0.975 bits per heavy atom. The number of ketones is 2. The van der Waals surface area contributed by atoms with E-state index in [1.54, 1.807) is 90.1 Å². The number of carbonyl (C=O) groups is 11. The van der Waals surface area contributed by atoms with Crippen molar-refractivity contribution in [3.8, 4) is 5.75 Å². The van der Waals surface area contributed by atoms with E-state index in [1.165, 1.54) is 38.5 Å². The van der Waals surface area contributed by atoms with Gasteiger partial charge in [-0.25, -0.2) is 14.4 Å². The third kappa shape index (κ3) is 26.3. The van der Waals surface area contributed by atoms with Crippen LogP contribution < -0.4 is 36.6 Å². The van der Waals surface area contributed by atoms with Crippen LogP contribution in [0.3, 0.4) is 0 Å². The summed E-state index contributed by atoms with van der Waals surface area (Å²) in [5.41, 5.74) is 2.16. The number of carbonyl (C=O) groups excluding carboxylic acids is 11. The predicted molar refractivity (Wildman–Crippen MR) is 289 cm³/mol. The fourth-order valence-electron chi connectivity index (χ4n) is 6.72. The van der Waals surface area contributed by atoms with E-state index in [1.807, 2.05) is 0 Å². The van der Waals surface area contributed by atoms with Crippen LogP contribution in [-0.2, 0) is 75.4 Å². The lowest BCUT2D eigenvalue weighted by molar-refractivity contribution is -0.384. The summed E-state index contributed by atoms with van der Waals surface area (Å²) in [4.78, 5) is 143. The lowest BCUT2D eigenvalue weighted by Crippen LogP contribution is -2.46. The molecule has 0 saturated carbocycles. The molecule has 4 atom stereocenters. The Labute approximate surface area is 462 Å². The number of ether oxygens (including phenoxy) is 4. The van der Waals surface area contributed by atoms with E-state index >= 15 is 0 Å². The number of Topliss-reactive ketones (excluding diaryl/α,β-unsaturated/α-hetero) is 2. The maximum absolute atomic E-state index is 13.0. The number of rotatable bonds is 29. The SMILES string of the molecule is COC(=O)/C=C/C(=O)NCCC(=O)N[C@H](C(=O)C[C@@H](C)C(=O)Nc1ccc(CO)cc1)C(C)C.COC(=O)/C=C/C(=O)NCCC(=O)N[C@H](C(=O)C[C@@H](C)C(=O)Nc1ccc(COC(=O)Oc2ccc([N+](=O)[O-])cc2)cc1)C(C)C. The van der Waals surface area contributed by atoms with E-state index < -0.39 is 76.5 Å². The van der Waals surface area contributed by atoms with Gasteiger partial charge in [0.05, 0.1) is 37.8 Å². The van der Waals surface area contributed by atoms with Gasteiger partial charge in [-0.15, -0.1) is 0 Å². The summed E-state index contributed by atoms with van der Waals surface area (Å²) in [7, 11) is 2.36. The van der Waals surface area contributed by atoms with E-state index in [4.69, 9.17) is 14.6 Å². The lowest BCUT2D eigenvalue weighted by atomic mass is 9.92. The van der Waals surface area contributed by atoms with Crippen LogP contribution in [0, 0.1) is 33.8 Å². The first-order valence-corrected chi connectivity index (χ1v) is 25.1. The first-order valence-electron chi connectivity index (χ1n) is 25.1. The molecule has 3 rings (SSSR count). The second-order valence-electron chi connectivity index (χ2n) is 18.4. The topological polar surface area (TPSA) is 360 Å². The Balaban J connectivity index is 0.000000573. The summed E-state index contributed by atoms with van der Waals surface area (Å²) >= 11 is 0. The molecule has 80 heavy (non-hydrogen) atoms. The van der Waals surface area contributed by atoms with Gasteiger partial charge in [-0.3, -0.25) is 48.5 Å². The molecule has 0 bridgehead atoms. The van der Waals surface area contributed by atoms with Gasteiger partial charge in [0.2, 0.25) is 35.4 Å². The average molecular weight is 1120 g/mol. The molecule has 0 spiro atoms. The predicted octanol–water partition coefficient (Wildman–Crippen LogP) is 4.31. The number of anilines is 2. The van der Waals surface area contributed by atoms with Crippen LogP contribution in [0.15, 0.2) is 97.1 Å². The zero-order valence-corrected chi connectivity index (χ0v) is 45.7. The van der Waals surface area contributed by atoms with Crippen LogP contribution >= 0.6 is 0 Å². The Morgan fingerprint density at radius 1 is 0.575 bits per heavy atom. The highest BCUT2D eigenvalue weighted by Gasteiger charge is 2.29. The van der Waals surface area contributed by atoms with Crippen LogP contribution in [-0.4, -0.2) is 115 Å². The van der Waals surface area contributed by atoms with Crippen LogP contribution in [0.1, 0.15) is 78.4 Å². The van der Waals surface area contributed by atoms with E-state index in [0.29, 0.717) is 22.5 Å². The number of aliphatic hydroxyl groups excluding tert-OH is 1. The van der Waals surface area contributed by atoms with Crippen LogP contribution in [0.5, 0.6) is 5.75 Å². The first-order chi connectivity index (χ1) is 37.8.